The van der Waals surface area contributed by atoms with E-state index in [1.165, 1.54) is 0 Å². The molecule has 2 aliphatic heterocycles. The summed E-state index contributed by atoms with van der Waals surface area (Å²) in [5, 5.41) is 5.27. The molecule has 1 saturated heterocycles. The van der Waals surface area contributed by atoms with Crippen LogP contribution in [0.5, 0.6) is 0 Å². The minimum atomic E-state index is -0.514. The Labute approximate surface area is 141 Å². The van der Waals surface area contributed by atoms with Crippen LogP contribution in [0.15, 0.2) is 24.3 Å². The Morgan fingerprint density at radius 1 is 1.21 bits per heavy atom. The van der Waals surface area contributed by atoms with Gasteiger partial charge in [0.05, 0.1) is 5.56 Å². The van der Waals surface area contributed by atoms with Gasteiger partial charge in [-0.1, -0.05) is 18.2 Å². The molecule has 1 spiro atoms. The number of hydrazine groups is 1. The second kappa shape index (κ2) is 6.18. The molecule has 1 saturated carbocycles. The predicted molar refractivity (Wildman–Crippen MR) is 88.1 cm³/mol. The smallest absolute Gasteiger partial charge is 0.339 e. The first-order valence-electron chi connectivity index (χ1n) is 8.77. The van der Waals surface area contributed by atoms with Crippen LogP contribution in [-0.2, 0) is 15.1 Å². The third-order valence-electron chi connectivity index (χ3n) is 5.48. The fraction of sp³-hybridized carbons (Fsp3) is 0.556. The Balaban J connectivity index is 1.40. The summed E-state index contributed by atoms with van der Waals surface area (Å²) < 4.78 is 5.75. The van der Waals surface area contributed by atoms with Crippen molar-refractivity contribution in [2.45, 2.75) is 31.3 Å². The number of fused-ring (bicyclic) bond motifs is 2. The molecule has 2 fully saturated rings. The van der Waals surface area contributed by atoms with Gasteiger partial charge in [0.25, 0.3) is 0 Å². The fourth-order valence-electron chi connectivity index (χ4n) is 4.09. The number of carbonyl (C=O) groups excluding carboxylic acids is 2. The molecule has 24 heavy (non-hydrogen) atoms. The molecule has 3 aliphatic rings. The SMILES string of the molecule is O=C1OC2(CCC(C(=O)NN3CCNCC3)CC2)c2ccccc21. The average Bonchev–Trinajstić information content (AvgIpc) is 2.89. The summed E-state index contributed by atoms with van der Waals surface area (Å²) in [6.45, 7) is 3.49. The Morgan fingerprint density at radius 2 is 1.92 bits per heavy atom. The average molecular weight is 329 g/mol. The van der Waals surface area contributed by atoms with E-state index in [-0.39, 0.29) is 17.8 Å². The van der Waals surface area contributed by atoms with Crippen LogP contribution in [-0.4, -0.2) is 43.1 Å². The number of ether oxygens (including phenoxy) is 1. The van der Waals surface area contributed by atoms with Crippen molar-refractivity contribution in [3.05, 3.63) is 35.4 Å². The maximum absolute atomic E-state index is 12.5. The van der Waals surface area contributed by atoms with Crippen LogP contribution in [0.3, 0.4) is 0 Å². The van der Waals surface area contributed by atoms with E-state index >= 15 is 0 Å². The van der Waals surface area contributed by atoms with Gasteiger partial charge in [-0.25, -0.2) is 9.80 Å². The lowest BCUT2D eigenvalue weighted by Gasteiger charge is -2.37. The Kier molecular flexibility index (Phi) is 4.02. The third kappa shape index (κ3) is 2.70. The van der Waals surface area contributed by atoms with E-state index in [0.29, 0.717) is 5.56 Å². The van der Waals surface area contributed by atoms with Gasteiger partial charge in [-0.2, -0.15) is 0 Å². The molecule has 6 nitrogen and oxygen atoms in total. The number of esters is 1. The van der Waals surface area contributed by atoms with Crippen LogP contribution < -0.4 is 10.7 Å². The van der Waals surface area contributed by atoms with Crippen molar-refractivity contribution in [3.63, 3.8) is 0 Å². The summed E-state index contributed by atoms with van der Waals surface area (Å²) in [6, 6.07) is 7.63. The number of nitrogens with one attached hydrogen (secondary N) is 2. The number of rotatable bonds is 2. The topological polar surface area (TPSA) is 70.7 Å². The first-order valence-corrected chi connectivity index (χ1v) is 8.77. The number of carbonyl (C=O) groups is 2. The molecule has 1 amide bonds. The Bertz CT molecular complexity index is 647. The molecule has 1 aliphatic carbocycles. The Hall–Kier alpha value is -1.92. The summed E-state index contributed by atoms with van der Waals surface area (Å²) in [5.41, 5.74) is 4.21. The second-order valence-corrected chi connectivity index (χ2v) is 6.92. The van der Waals surface area contributed by atoms with Gasteiger partial charge in [-0.3, -0.25) is 10.2 Å². The summed E-state index contributed by atoms with van der Waals surface area (Å²) in [4.78, 5) is 24.6. The fourth-order valence-corrected chi connectivity index (χ4v) is 4.09. The number of benzene rings is 1. The van der Waals surface area contributed by atoms with Crippen molar-refractivity contribution < 1.29 is 14.3 Å². The van der Waals surface area contributed by atoms with E-state index in [9.17, 15) is 9.59 Å². The number of piperazine rings is 1. The van der Waals surface area contributed by atoms with Crippen LogP contribution in [0.2, 0.25) is 0 Å². The van der Waals surface area contributed by atoms with Crippen molar-refractivity contribution >= 4 is 11.9 Å². The summed E-state index contributed by atoms with van der Waals surface area (Å²) in [6.07, 6.45) is 2.93. The van der Waals surface area contributed by atoms with Gasteiger partial charge in [-0.05, 0) is 31.7 Å². The number of nitrogens with zero attached hydrogens (tertiary/aromatic N) is 1. The van der Waals surface area contributed by atoms with Gasteiger partial charge >= 0.3 is 5.97 Å². The molecule has 1 aromatic carbocycles. The van der Waals surface area contributed by atoms with E-state index in [2.05, 4.69) is 10.7 Å². The van der Waals surface area contributed by atoms with E-state index in [4.69, 9.17) is 4.74 Å². The van der Waals surface area contributed by atoms with Crippen molar-refractivity contribution in [2.24, 2.45) is 5.92 Å². The molecule has 2 N–H and O–H groups in total. The van der Waals surface area contributed by atoms with Gasteiger partial charge in [0.15, 0.2) is 0 Å². The molecule has 4 rings (SSSR count). The van der Waals surface area contributed by atoms with Crippen molar-refractivity contribution in [3.8, 4) is 0 Å². The maximum Gasteiger partial charge on any atom is 0.339 e. The quantitative estimate of drug-likeness (QED) is 0.797. The molecule has 0 unspecified atom stereocenters. The van der Waals surface area contributed by atoms with Crippen molar-refractivity contribution in [1.29, 1.82) is 0 Å². The highest BCUT2D eigenvalue weighted by Crippen LogP contribution is 2.47. The third-order valence-corrected chi connectivity index (χ3v) is 5.48. The van der Waals surface area contributed by atoms with Crippen LogP contribution in [0.4, 0.5) is 0 Å². The minimum Gasteiger partial charge on any atom is -0.451 e. The molecular weight excluding hydrogens is 306 g/mol. The normalized spacial score (nSPS) is 30.0. The molecule has 0 radical (unpaired) electrons. The van der Waals surface area contributed by atoms with Crippen LogP contribution in [0.1, 0.15) is 41.6 Å². The molecule has 6 heteroatoms. The number of hydrogen-bond donors (Lipinski definition) is 2. The van der Waals surface area contributed by atoms with E-state index < -0.39 is 5.60 Å². The lowest BCUT2D eigenvalue weighted by molar-refractivity contribution is -0.133. The van der Waals surface area contributed by atoms with Crippen LogP contribution in [0.25, 0.3) is 0 Å². The van der Waals surface area contributed by atoms with Gasteiger partial charge in [0.2, 0.25) is 5.91 Å². The van der Waals surface area contributed by atoms with Gasteiger partial charge in [0, 0.05) is 37.7 Å². The monoisotopic (exact) mass is 329 g/mol. The molecule has 0 aromatic heterocycles. The second-order valence-electron chi connectivity index (χ2n) is 6.92. The molecule has 1 aromatic rings. The zero-order valence-electron chi connectivity index (χ0n) is 13.7. The molecule has 2 heterocycles. The van der Waals surface area contributed by atoms with E-state index in [1.54, 1.807) is 0 Å². The largest absolute Gasteiger partial charge is 0.451 e. The highest BCUT2D eigenvalue weighted by molar-refractivity contribution is 5.94. The van der Waals surface area contributed by atoms with Gasteiger partial charge in [-0.15, -0.1) is 0 Å². The highest BCUT2D eigenvalue weighted by Gasteiger charge is 2.48. The zero-order valence-corrected chi connectivity index (χ0v) is 13.7. The first-order chi connectivity index (χ1) is 11.7. The lowest BCUT2D eigenvalue weighted by Crippen LogP contribution is -2.53. The Morgan fingerprint density at radius 3 is 2.67 bits per heavy atom. The summed E-state index contributed by atoms with van der Waals surface area (Å²) in [5.74, 6) is -0.129. The van der Waals surface area contributed by atoms with Gasteiger partial charge in [0.1, 0.15) is 5.60 Å². The van der Waals surface area contributed by atoms with Crippen LogP contribution >= 0.6 is 0 Å². The molecular formula is C18H23N3O3. The molecule has 0 atom stereocenters. The summed E-state index contributed by atoms with van der Waals surface area (Å²) >= 11 is 0. The predicted octanol–water partition coefficient (Wildman–Crippen LogP) is 1.18. The zero-order chi connectivity index (χ0) is 16.6. The molecule has 0 bridgehead atoms. The molecule has 128 valence electrons. The van der Waals surface area contributed by atoms with Gasteiger partial charge < -0.3 is 10.1 Å². The summed E-state index contributed by atoms with van der Waals surface area (Å²) in [7, 11) is 0. The number of hydrogen-bond acceptors (Lipinski definition) is 5. The standard InChI is InChI=1S/C18H23N3O3/c22-16(20-21-11-9-19-10-12-21)13-5-7-18(8-6-13)15-4-2-1-3-14(15)17(23)24-18/h1-4,13,19H,5-12H2,(H,20,22). The minimum absolute atomic E-state index is 0.00280. The lowest BCUT2D eigenvalue weighted by atomic mass is 9.75. The van der Waals surface area contributed by atoms with E-state index in [0.717, 1.165) is 57.4 Å². The van der Waals surface area contributed by atoms with E-state index in [1.807, 2.05) is 29.3 Å². The number of amides is 1. The first kappa shape index (κ1) is 15.6. The highest BCUT2D eigenvalue weighted by atomic mass is 16.6. The maximum atomic E-state index is 12.5. The van der Waals surface area contributed by atoms with Crippen molar-refractivity contribution in [2.75, 3.05) is 26.2 Å². The van der Waals surface area contributed by atoms with Crippen LogP contribution in [0, 0.1) is 5.92 Å². The van der Waals surface area contributed by atoms with Crippen molar-refractivity contribution in [1.82, 2.24) is 15.8 Å².